The number of aromatic hydroxyl groups is 1. The summed E-state index contributed by atoms with van der Waals surface area (Å²) in [5, 5.41) is 11.6. The highest BCUT2D eigenvalue weighted by Crippen LogP contribution is 2.30. The molecular formula is C15H18N2OS. The summed E-state index contributed by atoms with van der Waals surface area (Å²) in [6.45, 7) is 2.63. The number of benzene rings is 1. The van der Waals surface area contributed by atoms with Crippen LogP contribution in [0.25, 0.3) is 0 Å². The van der Waals surface area contributed by atoms with Gasteiger partial charge in [0, 0.05) is 30.6 Å². The van der Waals surface area contributed by atoms with E-state index in [1.165, 1.54) is 16.0 Å². The van der Waals surface area contributed by atoms with E-state index in [1.807, 2.05) is 23.5 Å². The predicted molar refractivity (Wildman–Crippen MR) is 78.3 cm³/mol. The van der Waals surface area contributed by atoms with E-state index in [-0.39, 0.29) is 6.04 Å². The van der Waals surface area contributed by atoms with Crippen LogP contribution in [0.2, 0.25) is 0 Å². The number of fused-ring (bicyclic) bond motifs is 1. The van der Waals surface area contributed by atoms with Crippen molar-refractivity contribution in [3.63, 3.8) is 0 Å². The van der Waals surface area contributed by atoms with Crippen molar-refractivity contribution in [2.24, 2.45) is 5.73 Å². The van der Waals surface area contributed by atoms with Crippen LogP contribution in [0.3, 0.4) is 0 Å². The molecule has 19 heavy (non-hydrogen) atoms. The van der Waals surface area contributed by atoms with Crippen LogP contribution in [0.4, 0.5) is 0 Å². The van der Waals surface area contributed by atoms with Crippen molar-refractivity contribution in [1.82, 2.24) is 4.90 Å². The third-order valence-electron chi connectivity index (χ3n) is 3.78. The second kappa shape index (κ2) is 5.33. The fourth-order valence-corrected chi connectivity index (χ4v) is 3.62. The normalized spacial score (nSPS) is 17.1. The number of nitrogens with zero attached hydrogens (tertiary/aromatic N) is 1. The minimum absolute atomic E-state index is 0.230. The summed E-state index contributed by atoms with van der Waals surface area (Å²) in [4.78, 5) is 3.94. The molecule has 0 amide bonds. The van der Waals surface area contributed by atoms with Crippen LogP contribution >= 0.6 is 11.3 Å². The SMILES string of the molecule is NCC(c1ccc(O)cc1)N1CCc2sccc2C1. The zero-order chi connectivity index (χ0) is 13.2. The van der Waals surface area contributed by atoms with Gasteiger partial charge >= 0.3 is 0 Å². The molecule has 1 atom stereocenters. The van der Waals surface area contributed by atoms with Gasteiger partial charge in [0.25, 0.3) is 0 Å². The van der Waals surface area contributed by atoms with Crippen molar-refractivity contribution in [1.29, 1.82) is 0 Å². The topological polar surface area (TPSA) is 49.5 Å². The van der Waals surface area contributed by atoms with Crippen molar-refractivity contribution in [2.75, 3.05) is 13.1 Å². The lowest BCUT2D eigenvalue weighted by Gasteiger charge is -2.34. The molecule has 1 unspecified atom stereocenters. The average molecular weight is 274 g/mol. The van der Waals surface area contributed by atoms with Gasteiger partial charge in [-0.3, -0.25) is 4.90 Å². The number of thiophene rings is 1. The van der Waals surface area contributed by atoms with E-state index in [2.05, 4.69) is 16.3 Å². The Labute approximate surface area is 117 Å². The molecule has 0 saturated heterocycles. The van der Waals surface area contributed by atoms with Gasteiger partial charge in [0.15, 0.2) is 0 Å². The Balaban J connectivity index is 1.82. The van der Waals surface area contributed by atoms with Crippen LogP contribution in [-0.2, 0) is 13.0 Å². The molecule has 2 heterocycles. The Kier molecular flexibility index (Phi) is 3.55. The Morgan fingerprint density at radius 1 is 1.26 bits per heavy atom. The van der Waals surface area contributed by atoms with Crippen molar-refractivity contribution >= 4 is 11.3 Å². The molecule has 1 aromatic carbocycles. The Morgan fingerprint density at radius 3 is 2.79 bits per heavy atom. The number of hydrogen-bond acceptors (Lipinski definition) is 4. The fourth-order valence-electron chi connectivity index (χ4n) is 2.73. The highest BCUT2D eigenvalue weighted by Gasteiger charge is 2.24. The monoisotopic (exact) mass is 274 g/mol. The molecule has 0 fully saturated rings. The van der Waals surface area contributed by atoms with Gasteiger partial charge in [0.1, 0.15) is 5.75 Å². The lowest BCUT2D eigenvalue weighted by molar-refractivity contribution is 0.185. The van der Waals surface area contributed by atoms with Crippen molar-refractivity contribution in [3.8, 4) is 5.75 Å². The largest absolute Gasteiger partial charge is 0.508 e. The molecule has 2 aromatic rings. The highest BCUT2D eigenvalue weighted by molar-refractivity contribution is 7.10. The molecule has 0 saturated carbocycles. The van der Waals surface area contributed by atoms with Crippen LogP contribution < -0.4 is 5.73 Å². The summed E-state index contributed by atoms with van der Waals surface area (Å²) >= 11 is 1.85. The molecule has 1 aromatic heterocycles. The van der Waals surface area contributed by atoms with Gasteiger partial charge in [0.2, 0.25) is 0 Å². The van der Waals surface area contributed by atoms with Gasteiger partial charge in [0.05, 0.1) is 0 Å². The zero-order valence-corrected chi connectivity index (χ0v) is 11.6. The van der Waals surface area contributed by atoms with Gasteiger partial charge < -0.3 is 10.8 Å². The molecule has 3 nitrogen and oxygen atoms in total. The van der Waals surface area contributed by atoms with Gasteiger partial charge in [-0.15, -0.1) is 11.3 Å². The number of phenols is 1. The van der Waals surface area contributed by atoms with E-state index in [1.54, 1.807) is 12.1 Å². The van der Waals surface area contributed by atoms with Crippen LogP contribution in [-0.4, -0.2) is 23.1 Å². The van der Waals surface area contributed by atoms with Crippen molar-refractivity contribution in [3.05, 3.63) is 51.7 Å². The first-order valence-electron chi connectivity index (χ1n) is 6.56. The highest BCUT2D eigenvalue weighted by atomic mass is 32.1. The fraction of sp³-hybridized carbons (Fsp3) is 0.333. The summed E-state index contributed by atoms with van der Waals surface area (Å²) in [5.41, 5.74) is 8.59. The maximum Gasteiger partial charge on any atom is 0.115 e. The molecule has 0 aliphatic carbocycles. The summed E-state index contributed by atoms with van der Waals surface area (Å²) in [7, 11) is 0. The van der Waals surface area contributed by atoms with E-state index in [0.29, 0.717) is 12.3 Å². The van der Waals surface area contributed by atoms with E-state index < -0.39 is 0 Å². The maximum atomic E-state index is 9.38. The Morgan fingerprint density at radius 2 is 2.05 bits per heavy atom. The molecule has 0 spiro atoms. The Bertz CT molecular complexity index is 550. The summed E-state index contributed by atoms with van der Waals surface area (Å²) in [6.07, 6.45) is 1.11. The average Bonchev–Trinajstić information content (AvgIpc) is 2.89. The van der Waals surface area contributed by atoms with Gasteiger partial charge in [-0.25, -0.2) is 0 Å². The second-order valence-corrected chi connectivity index (χ2v) is 5.93. The molecular weight excluding hydrogens is 256 g/mol. The summed E-state index contributed by atoms with van der Waals surface area (Å²) in [5.74, 6) is 0.304. The number of hydrogen-bond donors (Lipinski definition) is 2. The molecule has 0 radical (unpaired) electrons. The minimum atomic E-state index is 0.230. The second-order valence-electron chi connectivity index (χ2n) is 4.93. The van der Waals surface area contributed by atoms with Crippen LogP contribution in [0.1, 0.15) is 22.0 Å². The molecule has 3 N–H and O–H groups in total. The summed E-state index contributed by atoms with van der Waals surface area (Å²) in [6, 6.07) is 9.85. The zero-order valence-electron chi connectivity index (χ0n) is 10.7. The van der Waals surface area contributed by atoms with Crippen LogP contribution in [0.5, 0.6) is 5.75 Å². The Hall–Kier alpha value is -1.36. The predicted octanol–water partition coefficient (Wildman–Crippen LogP) is 2.51. The number of rotatable bonds is 3. The quantitative estimate of drug-likeness (QED) is 0.904. The number of nitrogens with two attached hydrogens (primary N) is 1. The molecule has 0 bridgehead atoms. The molecule has 1 aliphatic heterocycles. The minimum Gasteiger partial charge on any atom is -0.508 e. The lowest BCUT2D eigenvalue weighted by Crippen LogP contribution is -2.37. The smallest absolute Gasteiger partial charge is 0.115 e. The first-order chi connectivity index (χ1) is 9.28. The van der Waals surface area contributed by atoms with Crippen molar-refractivity contribution < 1.29 is 5.11 Å². The van der Waals surface area contributed by atoms with E-state index in [9.17, 15) is 5.11 Å². The first kappa shape index (κ1) is 12.7. The third-order valence-corrected chi connectivity index (χ3v) is 4.80. The number of phenolic OH excluding ortho intramolecular Hbond substituents is 1. The van der Waals surface area contributed by atoms with Crippen molar-refractivity contribution in [2.45, 2.75) is 19.0 Å². The third kappa shape index (κ3) is 2.52. The molecule has 1 aliphatic rings. The molecule has 100 valence electrons. The van der Waals surface area contributed by atoms with Gasteiger partial charge in [-0.2, -0.15) is 0 Å². The maximum absolute atomic E-state index is 9.38. The van der Waals surface area contributed by atoms with Crippen LogP contribution in [0, 0.1) is 0 Å². The standard InChI is InChI=1S/C15H18N2OS/c16-9-14(11-1-3-13(18)4-2-11)17-7-5-15-12(10-17)6-8-19-15/h1-4,6,8,14,18H,5,7,9-10,16H2. The van der Waals surface area contributed by atoms with Gasteiger partial charge in [-0.1, -0.05) is 12.1 Å². The van der Waals surface area contributed by atoms with Crippen LogP contribution in [0.15, 0.2) is 35.7 Å². The van der Waals surface area contributed by atoms with E-state index in [0.717, 1.165) is 19.5 Å². The molecule has 3 rings (SSSR count). The van der Waals surface area contributed by atoms with Gasteiger partial charge in [-0.05, 0) is 41.1 Å². The summed E-state index contributed by atoms with van der Waals surface area (Å²) < 4.78 is 0. The van der Waals surface area contributed by atoms with E-state index in [4.69, 9.17) is 5.73 Å². The molecule has 4 heteroatoms. The first-order valence-corrected chi connectivity index (χ1v) is 7.44. The van der Waals surface area contributed by atoms with E-state index >= 15 is 0 Å². The lowest BCUT2D eigenvalue weighted by atomic mass is 10.0.